The maximum absolute atomic E-state index is 14.6. The Balaban J connectivity index is 1.31. The molecule has 5 aliphatic carbocycles. The van der Waals surface area contributed by atoms with E-state index in [1.54, 1.807) is 31.0 Å². The molecule has 10 nitrogen and oxygen atoms in total. The Bertz CT molecular complexity index is 1820. The molecule has 9 atom stereocenters. The lowest BCUT2D eigenvalue weighted by Gasteiger charge is -2.72. The van der Waals surface area contributed by atoms with Crippen LogP contribution in [-0.4, -0.2) is 71.6 Å². The summed E-state index contributed by atoms with van der Waals surface area (Å²) >= 11 is 0. The first-order valence-corrected chi connectivity index (χ1v) is 21.4. The summed E-state index contributed by atoms with van der Waals surface area (Å²) in [4.78, 5) is 64.2. The van der Waals surface area contributed by atoms with Gasteiger partial charge in [0, 0.05) is 26.6 Å². The summed E-state index contributed by atoms with van der Waals surface area (Å²) < 4.78 is 5.14. The molecule has 2 amide bonds. The molecule has 0 heterocycles. The molecule has 0 saturated heterocycles. The molecule has 1 aromatic carbocycles. The van der Waals surface area contributed by atoms with E-state index < -0.39 is 17.4 Å². The third kappa shape index (κ3) is 7.15. The van der Waals surface area contributed by atoms with Crippen LogP contribution < -0.4 is 5.32 Å². The second-order valence-electron chi connectivity index (χ2n) is 19.5. The van der Waals surface area contributed by atoms with Crippen LogP contribution >= 0.6 is 0 Å². The van der Waals surface area contributed by atoms with Gasteiger partial charge in [-0.3, -0.25) is 19.2 Å². The van der Waals surface area contributed by atoms with Crippen molar-refractivity contribution < 1.29 is 38.9 Å². The molecule has 0 aromatic heterocycles. The van der Waals surface area contributed by atoms with Gasteiger partial charge in [0.2, 0.25) is 11.8 Å². The van der Waals surface area contributed by atoms with E-state index in [4.69, 9.17) is 4.74 Å². The van der Waals surface area contributed by atoms with Crippen molar-refractivity contribution in [1.29, 1.82) is 0 Å². The van der Waals surface area contributed by atoms with Gasteiger partial charge in [0.15, 0.2) is 0 Å². The predicted molar refractivity (Wildman–Crippen MR) is 219 cm³/mol. The first-order valence-electron chi connectivity index (χ1n) is 21.4. The van der Waals surface area contributed by atoms with Gasteiger partial charge in [0.25, 0.3) is 0 Å². The van der Waals surface area contributed by atoms with Gasteiger partial charge in [-0.05, 0) is 139 Å². The van der Waals surface area contributed by atoms with Gasteiger partial charge < -0.3 is 25.2 Å². The molecule has 0 bridgehead atoms. The lowest BCUT2D eigenvalue weighted by molar-refractivity contribution is -0.225. The molecule has 0 unspecified atom stereocenters. The Kier molecular flexibility index (Phi) is 11.7. The highest BCUT2D eigenvalue weighted by Gasteiger charge is 2.71. The number of nitrogens with zero attached hydrogens (tertiary/aromatic N) is 1. The van der Waals surface area contributed by atoms with E-state index in [1.807, 2.05) is 12.1 Å². The van der Waals surface area contributed by atoms with Gasteiger partial charge in [-0.1, -0.05) is 65.0 Å². The van der Waals surface area contributed by atoms with Crippen LogP contribution in [0.15, 0.2) is 42.5 Å². The van der Waals surface area contributed by atoms with Crippen molar-refractivity contribution in [3.63, 3.8) is 0 Å². The van der Waals surface area contributed by atoms with E-state index in [0.29, 0.717) is 30.6 Å². The van der Waals surface area contributed by atoms with Crippen molar-refractivity contribution in [1.82, 2.24) is 10.2 Å². The number of amides is 2. The highest BCUT2D eigenvalue weighted by molar-refractivity contribution is 5.88. The van der Waals surface area contributed by atoms with Crippen LogP contribution in [0.25, 0.3) is 5.57 Å². The van der Waals surface area contributed by atoms with Crippen molar-refractivity contribution in [3.05, 3.63) is 53.6 Å². The van der Waals surface area contributed by atoms with Crippen LogP contribution in [0.2, 0.25) is 0 Å². The zero-order valence-electron chi connectivity index (χ0n) is 35.4. The Morgan fingerprint density at radius 3 is 2.21 bits per heavy atom. The Hall–Kier alpha value is -3.95. The molecule has 57 heavy (non-hydrogen) atoms. The molecule has 5 aliphatic rings. The van der Waals surface area contributed by atoms with Crippen molar-refractivity contribution in [3.8, 4) is 0 Å². The second kappa shape index (κ2) is 15.7. The number of esters is 1. The SMILES string of the molecule is C=C(CN(C)C(=O)CCC(=O)O)[C@@H]1CC[C@]2(C(=O)NCCC(=O)OCC)CC[C@]3(C)[C@H](CC[C@@H]4[C@@]5(C)CC=C(c6ccc(C(=O)O)cc6)C(C)(C)[C@@H]5CC[C@]43C)[C@@H]12. The number of carboxylic acid groups (broad SMARTS) is 2. The minimum atomic E-state index is -1.00. The number of carbonyl (C=O) groups excluding carboxylic acids is 3. The minimum Gasteiger partial charge on any atom is -0.481 e. The fourth-order valence-electron chi connectivity index (χ4n) is 13.9. The van der Waals surface area contributed by atoms with Gasteiger partial charge in [0.1, 0.15) is 0 Å². The van der Waals surface area contributed by atoms with E-state index in [2.05, 4.69) is 52.6 Å². The highest BCUT2D eigenvalue weighted by atomic mass is 16.5. The minimum absolute atomic E-state index is 0.0195. The van der Waals surface area contributed by atoms with Gasteiger partial charge in [-0.25, -0.2) is 4.79 Å². The number of benzene rings is 1. The summed E-state index contributed by atoms with van der Waals surface area (Å²) in [6, 6.07) is 7.37. The first-order chi connectivity index (χ1) is 26.8. The second-order valence-corrected chi connectivity index (χ2v) is 19.5. The maximum Gasteiger partial charge on any atom is 0.335 e. The number of nitrogens with one attached hydrogen (secondary N) is 1. The Morgan fingerprint density at radius 1 is 0.860 bits per heavy atom. The fraction of sp³-hybridized carbons (Fsp3) is 0.681. The average molecular weight is 787 g/mol. The molecule has 0 spiro atoms. The number of hydrogen-bond donors (Lipinski definition) is 3. The molecule has 0 aliphatic heterocycles. The largest absolute Gasteiger partial charge is 0.481 e. The van der Waals surface area contributed by atoms with Crippen molar-refractivity contribution in [2.75, 3.05) is 26.7 Å². The van der Waals surface area contributed by atoms with Crippen LogP contribution in [0, 0.1) is 56.7 Å². The van der Waals surface area contributed by atoms with E-state index >= 15 is 0 Å². The fourth-order valence-corrected chi connectivity index (χ4v) is 13.9. The van der Waals surface area contributed by atoms with E-state index in [9.17, 15) is 34.2 Å². The first kappa shape index (κ1) is 42.7. The molecule has 1 aromatic rings. The zero-order chi connectivity index (χ0) is 41.7. The Morgan fingerprint density at radius 2 is 1.56 bits per heavy atom. The molecule has 10 heteroatoms. The normalized spacial score (nSPS) is 34.9. The quantitative estimate of drug-likeness (QED) is 0.133. The third-order valence-corrected chi connectivity index (χ3v) is 16.8. The number of likely N-dealkylation sites (N-methyl/N-ethyl adjacent to an activating group) is 1. The maximum atomic E-state index is 14.6. The zero-order valence-corrected chi connectivity index (χ0v) is 35.4. The monoisotopic (exact) mass is 786 g/mol. The van der Waals surface area contributed by atoms with E-state index in [-0.39, 0.29) is 83.0 Å². The number of aliphatic carboxylic acids is 1. The van der Waals surface area contributed by atoms with Gasteiger partial charge >= 0.3 is 17.9 Å². The predicted octanol–water partition coefficient (Wildman–Crippen LogP) is 8.41. The number of allylic oxidation sites excluding steroid dienone is 2. The van der Waals surface area contributed by atoms with Crippen LogP contribution in [0.4, 0.5) is 0 Å². The number of fused-ring (bicyclic) bond motifs is 7. The number of carbonyl (C=O) groups is 5. The molecule has 0 radical (unpaired) electrons. The standard InChI is InChI=1S/C47H66N2O8/c1-9-57-39(53)21-27-48-42(56)47-24-18-32(29(2)28-49(8)37(50)16-17-38(51)52)40(47)34-14-15-36-44(5)22-19-33(30-10-12-31(13-11-30)41(54)55)43(3,4)35(44)20-23-46(36,7)45(34,6)25-26-47/h10-13,19,32,34-36,40H,2,9,14-18,20-28H2,1,3-8H3,(H,48,56)(H,51,52)(H,54,55)/t32-,34+,35-,36+,40+,44-,45+,46+,47-/m0/s1. The number of carboxylic acids is 2. The Labute approximate surface area is 339 Å². The third-order valence-electron chi connectivity index (χ3n) is 16.8. The number of hydrogen-bond acceptors (Lipinski definition) is 6. The molecule has 312 valence electrons. The number of ether oxygens (including phenoxy) is 1. The van der Waals surface area contributed by atoms with Gasteiger partial charge in [-0.2, -0.15) is 0 Å². The van der Waals surface area contributed by atoms with Crippen LogP contribution in [-0.2, 0) is 23.9 Å². The number of rotatable bonds is 13. The van der Waals surface area contributed by atoms with E-state index in [1.165, 1.54) is 5.57 Å². The molecule has 4 fully saturated rings. The summed E-state index contributed by atoms with van der Waals surface area (Å²) in [5.74, 6) is -1.21. The van der Waals surface area contributed by atoms with Gasteiger partial charge in [0.05, 0.1) is 30.4 Å². The molecule has 3 N–H and O–H groups in total. The van der Waals surface area contributed by atoms with Crippen LogP contribution in [0.5, 0.6) is 0 Å². The summed E-state index contributed by atoms with van der Waals surface area (Å²) in [5, 5.41) is 21.9. The highest BCUT2D eigenvalue weighted by Crippen LogP contribution is 2.77. The van der Waals surface area contributed by atoms with E-state index in [0.717, 1.165) is 68.9 Å². The molecular weight excluding hydrogens is 721 g/mol. The molecule has 6 rings (SSSR count). The van der Waals surface area contributed by atoms with Crippen molar-refractivity contribution >= 4 is 35.3 Å². The number of aromatic carboxylic acids is 1. The smallest absolute Gasteiger partial charge is 0.335 e. The lowest BCUT2D eigenvalue weighted by atomic mass is 9.32. The summed E-state index contributed by atoms with van der Waals surface area (Å²) in [7, 11) is 1.71. The topological polar surface area (TPSA) is 150 Å². The molecule has 4 saturated carbocycles. The average Bonchev–Trinajstić information content (AvgIpc) is 3.55. The van der Waals surface area contributed by atoms with Crippen LogP contribution in [0.3, 0.4) is 0 Å². The summed E-state index contributed by atoms with van der Waals surface area (Å²) in [5.41, 5.74) is 2.96. The lowest BCUT2D eigenvalue weighted by Crippen LogP contribution is -2.66. The van der Waals surface area contributed by atoms with Crippen molar-refractivity contribution in [2.24, 2.45) is 56.7 Å². The van der Waals surface area contributed by atoms with Crippen LogP contribution in [0.1, 0.15) is 135 Å². The summed E-state index contributed by atoms with van der Waals surface area (Å²) in [6.07, 6.45) is 10.8. The summed E-state index contributed by atoms with van der Waals surface area (Å²) in [6.45, 7) is 19.6. The van der Waals surface area contributed by atoms with Gasteiger partial charge in [-0.15, -0.1) is 0 Å². The van der Waals surface area contributed by atoms with Crippen molar-refractivity contribution in [2.45, 2.75) is 119 Å². The molecular formula is C47H66N2O8.